The molecule has 0 fully saturated rings. The van der Waals surface area contributed by atoms with Crippen molar-refractivity contribution < 1.29 is 17.7 Å². The molecule has 0 saturated carbocycles. The minimum atomic E-state index is 0.761. The lowest BCUT2D eigenvalue weighted by atomic mass is 9.99. The van der Waals surface area contributed by atoms with Crippen molar-refractivity contribution in [2.75, 3.05) is 9.80 Å². The van der Waals surface area contributed by atoms with E-state index in [9.17, 15) is 0 Å². The predicted molar refractivity (Wildman–Crippen MR) is 455 cm³/mol. The molecule has 0 aliphatic heterocycles. The van der Waals surface area contributed by atoms with E-state index in [4.69, 9.17) is 17.7 Å². The highest BCUT2D eigenvalue weighted by Gasteiger charge is 2.27. The van der Waals surface area contributed by atoms with E-state index < -0.39 is 0 Å². The Morgan fingerprint density at radius 3 is 1.04 bits per heavy atom. The average molecular weight is 1410 g/mol. The maximum Gasteiger partial charge on any atom is 0.159 e. The third-order valence-electron chi connectivity index (χ3n) is 22.5. The van der Waals surface area contributed by atoms with Crippen LogP contribution in [0.1, 0.15) is 0 Å². The van der Waals surface area contributed by atoms with Gasteiger partial charge in [0.05, 0.1) is 39.1 Å². The van der Waals surface area contributed by atoms with Crippen molar-refractivity contribution in [1.29, 1.82) is 0 Å². The average Bonchev–Trinajstić information content (AvgIpc) is 1.58. The first-order valence-electron chi connectivity index (χ1n) is 37.4. The van der Waals surface area contributed by atoms with Gasteiger partial charge in [0.15, 0.2) is 11.2 Å². The first kappa shape index (κ1) is 61.4. The quantitative estimate of drug-likeness (QED) is 0.121. The van der Waals surface area contributed by atoms with Crippen molar-refractivity contribution in [2.45, 2.75) is 0 Å². The minimum Gasteiger partial charge on any atom is -0.455 e. The number of para-hydroxylation sites is 10. The third kappa shape index (κ3) is 9.46. The monoisotopic (exact) mass is 1410 g/mol. The second kappa shape index (κ2) is 24.3. The zero-order valence-corrected chi connectivity index (χ0v) is 59.2. The van der Waals surface area contributed by atoms with Crippen LogP contribution in [0.5, 0.6) is 0 Å². The van der Waals surface area contributed by atoms with Crippen molar-refractivity contribution in [1.82, 2.24) is 9.13 Å². The van der Waals surface area contributed by atoms with Gasteiger partial charge in [-0.3, -0.25) is 0 Å². The van der Waals surface area contributed by atoms with Crippen LogP contribution in [0.4, 0.5) is 34.1 Å². The molecule has 0 radical (unpaired) electrons. The topological polar surface area (TPSA) is 68.9 Å². The Balaban J connectivity index is 0.667. The van der Waals surface area contributed by atoms with E-state index >= 15 is 0 Å². The van der Waals surface area contributed by atoms with Crippen molar-refractivity contribution in [3.05, 3.63) is 376 Å². The zero-order valence-electron chi connectivity index (χ0n) is 59.2. The fourth-order valence-electron chi connectivity index (χ4n) is 17.6. The number of benzene rings is 17. The first-order chi connectivity index (χ1) is 54.6. The smallest absolute Gasteiger partial charge is 0.159 e. The Bertz CT molecular complexity index is 7650. The Kier molecular flexibility index (Phi) is 13.6. The summed E-state index contributed by atoms with van der Waals surface area (Å²) in [5, 5.41) is 13.0. The molecule has 23 aromatic rings. The Morgan fingerprint density at radius 2 is 0.518 bits per heavy atom. The molecule has 6 heterocycles. The number of nitrogens with zero attached hydrogens (tertiary/aromatic N) is 4. The van der Waals surface area contributed by atoms with E-state index in [0.717, 1.165) is 200 Å². The molecule has 23 rings (SSSR count). The van der Waals surface area contributed by atoms with Crippen LogP contribution < -0.4 is 9.80 Å². The molecule has 0 aliphatic carbocycles. The van der Waals surface area contributed by atoms with Crippen LogP contribution >= 0.6 is 0 Å². The van der Waals surface area contributed by atoms with Gasteiger partial charge in [0, 0.05) is 121 Å². The van der Waals surface area contributed by atoms with Gasteiger partial charge < -0.3 is 36.6 Å². The molecule has 0 bridgehead atoms. The van der Waals surface area contributed by atoms with E-state index in [-0.39, 0.29) is 0 Å². The van der Waals surface area contributed by atoms with E-state index in [1.54, 1.807) is 0 Å². The zero-order chi connectivity index (χ0) is 72.1. The summed E-state index contributed by atoms with van der Waals surface area (Å²) in [6, 6.07) is 134. The number of aromatic nitrogens is 2. The van der Waals surface area contributed by atoms with Gasteiger partial charge in [0.2, 0.25) is 0 Å². The molecule has 0 amide bonds. The van der Waals surface area contributed by atoms with Crippen molar-refractivity contribution in [3.63, 3.8) is 0 Å². The Hall–Kier alpha value is -14.9. The van der Waals surface area contributed by atoms with E-state index in [2.05, 4.69) is 395 Å². The molecule has 0 atom stereocenters. The normalized spacial score (nSPS) is 12.0. The highest BCUT2D eigenvalue weighted by atomic mass is 16.3. The Labute approximate surface area is 630 Å². The fraction of sp³-hybridized carbons (Fsp3) is 0. The van der Waals surface area contributed by atoms with Gasteiger partial charge >= 0.3 is 0 Å². The number of hydrogen-bond acceptors (Lipinski definition) is 6. The summed E-state index contributed by atoms with van der Waals surface area (Å²) >= 11 is 0. The van der Waals surface area contributed by atoms with Crippen molar-refractivity contribution in [3.8, 4) is 55.9 Å². The molecule has 6 aromatic heterocycles. The second-order valence-electron chi connectivity index (χ2n) is 28.6. The van der Waals surface area contributed by atoms with Crippen molar-refractivity contribution in [2.24, 2.45) is 0 Å². The molecule has 8 nitrogen and oxygen atoms in total. The fourth-order valence-corrected chi connectivity index (χ4v) is 17.6. The lowest BCUT2D eigenvalue weighted by Gasteiger charge is -2.26. The highest BCUT2D eigenvalue weighted by Crippen LogP contribution is 2.51. The van der Waals surface area contributed by atoms with E-state index in [0.29, 0.717) is 0 Å². The summed E-state index contributed by atoms with van der Waals surface area (Å²) < 4.78 is 33.5. The van der Waals surface area contributed by atoms with Crippen LogP contribution in [-0.4, -0.2) is 9.13 Å². The minimum absolute atomic E-state index is 0.761. The molecule has 0 unspecified atom stereocenters. The van der Waals surface area contributed by atoms with Gasteiger partial charge in [-0.1, -0.05) is 261 Å². The molecule has 0 aliphatic rings. The number of anilines is 6. The molecule has 0 saturated heterocycles. The van der Waals surface area contributed by atoms with E-state index in [1.807, 2.05) is 0 Å². The maximum absolute atomic E-state index is 7.31. The SMILES string of the molecule is c1ccc(-c2cccc3c2oc2c(-c4ccc(N(c5ccc6c7ccccc7n(-c7ccccc7)c6c5)c5cccc6c5oc5ccc(-c7cccc8c7oc7cc(N(c9ccc%10c%11ccccc%11n(-c%11ccccc%11)c%10c9)c9cccc%10c9oc9c(-c%11ccccc%11)cccc9%10)ccc78)cc56)cc4)cccc23)cc1. The van der Waals surface area contributed by atoms with Crippen LogP contribution in [0.2, 0.25) is 0 Å². The van der Waals surface area contributed by atoms with Crippen LogP contribution in [0.15, 0.2) is 394 Å². The molecule has 514 valence electrons. The largest absolute Gasteiger partial charge is 0.455 e. The van der Waals surface area contributed by atoms with Gasteiger partial charge in [-0.2, -0.15) is 0 Å². The van der Waals surface area contributed by atoms with Crippen LogP contribution in [0.3, 0.4) is 0 Å². The van der Waals surface area contributed by atoms with Crippen LogP contribution in [-0.2, 0) is 0 Å². The second-order valence-corrected chi connectivity index (χ2v) is 28.6. The molecule has 17 aromatic carbocycles. The number of fused-ring (bicyclic) bond motifs is 18. The lowest BCUT2D eigenvalue weighted by Crippen LogP contribution is -2.10. The standard InChI is InChI=1S/C102H62N4O4/c1-5-23-63(24-6-1)73-33-17-38-83-84-39-19-35-75(99(84)109-98(73)83)65-47-50-69(51-48-65)103(70-52-55-79-77-31-13-15-43-89(77)105(93(79)60-70)67-27-9-3-10-28-67)91-45-22-42-87-88-59-66(49-58-95(88)107-101(87)91)76-36-20-37-82-81-57-54-72(62-96(81)108-97(76)82)104(71-53-56-80-78-32-14-16-44-90(78)106(94(80)61-71)68-29-11-4-12-30-68)92-46-21-41-86-85-40-18-34-74(100(85)110-102(86)92)64-25-7-2-8-26-64/h1-62H. The summed E-state index contributed by atoms with van der Waals surface area (Å²) in [5.74, 6) is 0. The Morgan fingerprint density at radius 1 is 0.182 bits per heavy atom. The molecule has 0 spiro atoms. The number of hydrogen-bond donors (Lipinski definition) is 0. The molecular weight excluding hydrogens is 1350 g/mol. The molecule has 0 N–H and O–H groups in total. The number of furan rings is 4. The predicted octanol–water partition coefficient (Wildman–Crippen LogP) is 29.1. The number of rotatable bonds is 12. The molecular formula is C102H62N4O4. The van der Waals surface area contributed by atoms with Gasteiger partial charge in [0.1, 0.15) is 33.5 Å². The summed E-state index contributed by atoms with van der Waals surface area (Å²) in [6.45, 7) is 0. The molecule has 110 heavy (non-hydrogen) atoms. The van der Waals surface area contributed by atoms with Gasteiger partial charge in [-0.15, -0.1) is 0 Å². The first-order valence-corrected chi connectivity index (χ1v) is 37.4. The maximum atomic E-state index is 7.31. The lowest BCUT2D eigenvalue weighted by molar-refractivity contribution is 0.668. The van der Waals surface area contributed by atoms with Gasteiger partial charge in [-0.25, -0.2) is 0 Å². The summed E-state index contributed by atoms with van der Waals surface area (Å²) in [5.41, 5.74) is 27.1. The molecule has 8 heteroatoms. The van der Waals surface area contributed by atoms with Gasteiger partial charge in [-0.05, 0) is 131 Å². The van der Waals surface area contributed by atoms with Crippen molar-refractivity contribution >= 4 is 165 Å². The van der Waals surface area contributed by atoms with E-state index in [1.165, 1.54) is 21.5 Å². The van der Waals surface area contributed by atoms with Gasteiger partial charge in [0.25, 0.3) is 0 Å². The summed E-state index contributed by atoms with van der Waals surface area (Å²) in [7, 11) is 0. The summed E-state index contributed by atoms with van der Waals surface area (Å²) in [4.78, 5) is 4.69. The highest BCUT2D eigenvalue weighted by molar-refractivity contribution is 6.19. The third-order valence-corrected chi connectivity index (χ3v) is 22.5. The van der Waals surface area contributed by atoms with Crippen LogP contribution in [0.25, 0.3) is 187 Å². The summed E-state index contributed by atoms with van der Waals surface area (Å²) in [6.07, 6.45) is 0. The van der Waals surface area contributed by atoms with Crippen LogP contribution in [0, 0.1) is 0 Å².